The molecular weight excluding hydrogens is 320 g/mol. The van der Waals surface area contributed by atoms with Crippen molar-refractivity contribution < 1.29 is 9.59 Å². The fraction of sp³-hybridized carbons (Fsp3) is 0.611. The molecule has 2 aliphatic heterocycles. The van der Waals surface area contributed by atoms with Crippen molar-refractivity contribution in [2.24, 2.45) is 11.7 Å². The number of aromatic amines is 1. The second kappa shape index (κ2) is 7.00. The van der Waals surface area contributed by atoms with Gasteiger partial charge in [-0.25, -0.2) is 0 Å². The van der Waals surface area contributed by atoms with Crippen LogP contribution in [0.25, 0.3) is 0 Å². The molecule has 3 heterocycles. The lowest BCUT2D eigenvalue weighted by Gasteiger charge is -2.47. The van der Waals surface area contributed by atoms with Gasteiger partial charge in [0.25, 0.3) is 11.5 Å². The van der Waals surface area contributed by atoms with Gasteiger partial charge in [0.15, 0.2) is 0 Å². The Hall–Kier alpha value is -2.15. The quantitative estimate of drug-likeness (QED) is 0.828. The van der Waals surface area contributed by atoms with Crippen LogP contribution >= 0.6 is 0 Å². The number of hydrogen-bond acceptors (Lipinski definition) is 4. The molecule has 3 rings (SSSR count). The molecule has 25 heavy (non-hydrogen) atoms. The minimum atomic E-state index is -0.326. The van der Waals surface area contributed by atoms with Gasteiger partial charge in [-0.3, -0.25) is 14.4 Å². The number of aryl methyl sites for hydroxylation is 2. The minimum absolute atomic E-state index is 0.159. The van der Waals surface area contributed by atoms with E-state index in [0.29, 0.717) is 38.2 Å². The van der Waals surface area contributed by atoms with E-state index in [2.05, 4.69) is 4.98 Å². The second-order valence-electron chi connectivity index (χ2n) is 7.12. The van der Waals surface area contributed by atoms with Crippen molar-refractivity contribution in [3.63, 3.8) is 0 Å². The van der Waals surface area contributed by atoms with Crippen molar-refractivity contribution in [2.75, 3.05) is 26.2 Å². The van der Waals surface area contributed by atoms with E-state index in [4.69, 9.17) is 5.73 Å². The molecule has 136 valence electrons. The molecule has 7 heteroatoms. The van der Waals surface area contributed by atoms with E-state index in [1.54, 1.807) is 18.7 Å². The van der Waals surface area contributed by atoms with Gasteiger partial charge in [0, 0.05) is 44.3 Å². The van der Waals surface area contributed by atoms with E-state index in [1.807, 2.05) is 11.0 Å². The maximum Gasteiger partial charge on any atom is 0.261 e. The van der Waals surface area contributed by atoms with Gasteiger partial charge in [-0.05, 0) is 44.2 Å². The molecule has 0 spiro atoms. The van der Waals surface area contributed by atoms with Gasteiger partial charge in [0.2, 0.25) is 5.91 Å². The van der Waals surface area contributed by atoms with Gasteiger partial charge in [0.1, 0.15) is 5.56 Å². The van der Waals surface area contributed by atoms with Crippen LogP contribution in [-0.2, 0) is 4.79 Å². The molecule has 7 nitrogen and oxygen atoms in total. The lowest BCUT2D eigenvalue weighted by Crippen LogP contribution is -2.58. The third kappa shape index (κ3) is 3.33. The maximum absolute atomic E-state index is 12.9. The molecule has 2 amide bonds. The first-order valence-electron chi connectivity index (χ1n) is 8.91. The number of aromatic nitrogens is 1. The highest BCUT2D eigenvalue weighted by Crippen LogP contribution is 2.31. The first-order valence-corrected chi connectivity index (χ1v) is 8.91. The molecule has 0 unspecified atom stereocenters. The first-order chi connectivity index (χ1) is 11.9. The summed E-state index contributed by atoms with van der Waals surface area (Å²) in [6.07, 6.45) is 2.04. The number of pyridine rings is 1. The highest BCUT2D eigenvalue weighted by Gasteiger charge is 2.40. The summed E-state index contributed by atoms with van der Waals surface area (Å²) in [6, 6.07) is 1.98. The van der Waals surface area contributed by atoms with Crippen molar-refractivity contribution >= 4 is 11.8 Å². The normalized spacial score (nSPS) is 23.6. The Morgan fingerprint density at radius 3 is 2.76 bits per heavy atom. The summed E-state index contributed by atoms with van der Waals surface area (Å²) in [4.78, 5) is 43.7. The fourth-order valence-corrected chi connectivity index (χ4v) is 4.24. The number of carbonyl (C=O) groups excluding carboxylic acids is 2. The number of likely N-dealkylation sites (tertiary alicyclic amines) is 2. The van der Waals surface area contributed by atoms with Crippen molar-refractivity contribution in [3.05, 3.63) is 33.2 Å². The van der Waals surface area contributed by atoms with Crippen LogP contribution in [0.2, 0.25) is 0 Å². The lowest BCUT2D eigenvalue weighted by molar-refractivity contribution is -0.140. The van der Waals surface area contributed by atoms with E-state index in [0.717, 1.165) is 18.5 Å². The van der Waals surface area contributed by atoms with Gasteiger partial charge in [-0.15, -0.1) is 0 Å². The molecule has 0 aliphatic carbocycles. The SMILES string of the molecule is Cc1cc(C)c(C(=O)N2CC[C@@H]3[C@@H](CCC(=O)N3CCN)C2)c(=O)[nH]1. The number of nitrogens with two attached hydrogens (primary N) is 1. The van der Waals surface area contributed by atoms with E-state index in [-0.39, 0.29) is 34.9 Å². The van der Waals surface area contributed by atoms with Crippen LogP contribution in [0.4, 0.5) is 0 Å². The molecule has 2 fully saturated rings. The molecule has 1 aromatic heterocycles. The Labute approximate surface area is 147 Å². The number of carbonyl (C=O) groups is 2. The Morgan fingerprint density at radius 1 is 1.32 bits per heavy atom. The fourth-order valence-electron chi connectivity index (χ4n) is 4.24. The van der Waals surface area contributed by atoms with Crippen LogP contribution in [0.5, 0.6) is 0 Å². The number of piperidine rings is 2. The van der Waals surface area contributed by atoms with Gasteiger partial charge < -0.3 is 20.5 Å². The summed E-state index contributed by atoms with van der Waals surface area (Å²) in [7, 11) is 0. The third-order valence-corrected chi connectivity index (χ3v) is 5.38. The number of amides is 2. The third-order valence-electron chi connectivity index (χ3n) is 5.38. The van der Waals surface area contributed by atoms with Crippen LogP contribution in [0.15, 0.2) is 10.9 Å². The molecule has 2 atom stereocenters. The standard InChI is InChI=1S/C18H26N4O3/c1-11-9-12(2)20-17(24)16(11)18(25)21-7-5-14-13(10-21)3-4-15(23)22(14)8-6-19/h9,13-14H,3-8,10,19H2,1-2H3,(H,20,24)/t13-,14+/m0/s1. The predicted octanol–water partition coefficient (Wildman–Crippen LogP) is 0.404. The van der Waals surface area contributed by atoms with Gasteiger partial charge in [-0.1, -0.05) is 0 Å². The molecule has 2 saturated heterocycles. The molecule has 1 aromatic rings. The highest BCUT2D eigenvalue weighted by atomic mass is 16.2. The highest BCUT2D eigenvalue weighted by molar-refractivity contribution is 5.95. The monoisotopic (exact) mass is 346 g/mol. The van der Waals surface area contributed by atoms with E-state index >= 15 is 0 Å². The largest absolute Gasteiger partial charge is 0.338 e. The minimum Gasteiger partial charge on any atom is -0.338 e. The van der Waals surface area contributed by atoms with Crippen molar-refractivity contribution in [1.29, 1.82) is 0 Å². The van der Waals surface area contributed by atoms with Crippen molar-refractivity contribution in [3.8, 4) is 0 Å². The van der Waals surface area contributed by atoms with E-state index in [1.165, 1.54) is 0 Å². The predicted molar refractivity (Wildman–Crippen MR) is 94.3 cm³/mol. The summed E-state index contributed by atoms with van der Waals surface area (Å²) in [5.41, 5.74) is 7.01. The van der Waals surface area contributed by atoms with Crippen LogP contribution in [0.1, 0.15) is 40.9 Å². The lowest BCUT2D eigenvalue weighted by atomic mass is 9.83. The maximum atomic E-state index is 12.9. The number of hydrogen-bond donors (Lipinski definition) is 2. The van der Waals surface area contributed by atoms with Crippen molar-refractivity contribution in [2.45, 2.75) is 39.2 Å². The molecule has 2 aliphatic rings. The van der Waals surface area contributed by atoms with Crippen LogP contribution in [0.3, 0.4) is 0 Å². The van der Waals surface area contributed by atoms with Gasteiger partial charge in [0.05, 0.1) is 0 Å². The Bertz CT molecular complexity index is 742. The van der Waals surface area contributed by atoms with E-state index < -0.39 is 0 Å². The Balaban J connectivity index is 1.78. The molecule has 3 N–H and O–H groups in total. The number of nitrogens with one attached hydrogen (secondary N) is 1. The Kier molecular flexibility index (Phi) is 4.94. The summed E-state index contributed by atoms with van der Waals surface area (Å²) >= 11 is 0. The van der Waals surface area contributed by atoms with Crippen molar-refractivity contribution in [1.82, 2.24) is 14.8 Å². The zero-order chi connectivity index (χ0) is 18.1. The average molecular weight is 346 g/mol. The summed E-state index contributed by atoms with van der Waals surface area (Å²) in [6.45, 7) is 5.77. The second-order valence-corrected chi connectivity index (χ2v) is 7.12. The molecule has 0 bridgehead atoms. The molecule has 0 saturated carbocycles. The van der Waals surface area contributed by atoms with Crippen LogP contribution < -0.4 is 11.3 Å². The molecule has 0 radical (unpaired) electrons. The first kappa shape index (κ1) is 17.7. The van der Waals surface area contributed by atoms with Crippen LogP contribution in [-0.4, -0.2) is 58.8 Å². The zero-order valence-corrected chi connectivity index (χ0v) is 14.9. The van der Waals surface area contributed by atoms with Gasteiger partial charge in [-0.2, -0.15) is 0 Å². The number of fused-ring (bicyclic) bond motifs is 1. The smallest absolute Gasteiger partial charge is 0.261 e. The topological polar surface area (TPSA) is 99.5 Å². The number of rotatable bonds is 3. The zero-order valence-electron chi connectivity index (χ0n) is 14.9. The number of nitrogens with zero attached hydrogens (tertiary/aromatic N) is 2. The molecule has 0 aromatic carbocycles. The van der Waals surface area contributed by atoms with Crippen LogP contribution in [0, 0.1) is 19.8 Å². The number of H-pyrrole nitrogens is 1. The summed E-state index contributed by atoms with van der Waals surface area (Å²) in [5, 5.41) is 0. The van der Waals surface area contributed by atoms with Gasteiger partial charge >= 0.3 is 0 Å². The summed E-state index contributed by atoms with van der Waals surface area (Å²) in [5.74, 6) is 0.212. The Morgan fingerprint density at radius 2 is 2.08 bits per heavy atom. The average Bonchev–Trinajstić information content (AvgIpc) is 2.56. The molecular formula is C18H26N4O3. The van der Waals surface area contributed by atoms with E-state index in [9.17, 15) is 14.4 Å². The summed E-state index contributed by atoms with van der Waals surface area (Å²) < 4.78 is 0.